The van der Waals surface area contributed by atoms with Crippen molar-refractivity contribution in [3.63, 3.8) is 0 Å². The molecule has 2 amide bonds. The fourth-order valence-electron chi connectivity index (χ4n) is 3.99. The van der Waals surface area contributed by atoms with Crippen LogP contribution >= 0.6 is 11.8 Å². The average molecular weight is 459 g/mol. The lowest BCUT2D eigenvalue weighted by Gasteiger charge is -2.31. The van der Waals surface area contributed by atoms with E-state index >= 15 is 0 Å². The zero-order valence-electron chi connectivity index (χ0n) is 17.3. The van der Waals surface area contributed by atoms with Crippen molar-refractivity contribution in [1.29, 1.82) is 0 Å². The van der Waals surface area contributed by atoms with E-state index in [1.807, 2.05) is 30.3 Å². The fourth-order valence-corrected chi connectivity index (χ4v) is 6.61. The van der Waals surface area contributed by atoms with Crippen LogP contribution in [0.3, 0.4) is 0 Å². The van der Waals surface area contributed by atoms with Gasteiger partial charge in [0.2, 0.25) is 0 Å². The van der Waals surface area contributed by atoms with Crippen LogP contribution in [0.4, 0.5) is 0 Å². The molecule has 0 atom stereocenters. The summed E-state index contributed by atoms with van der Waals surface area (Å²) in [4.78, 5) is 26.4. The summed E-state index contributed by atoms with van der Waals surface area (Å²) in [6.45, 7) is 1.07. The lowest BCUT2D eigenvalue weighted by Crippen LogP contribution is -2.49. The van der Waals surface area contributed by atoms with Gasteiger partial charge in [-0.2, -0.15) is 11.8 Å². The summed E-state index contributed by atoms with van der Waals surface area (Å²) in [5.74, 6) is 0.331. The molecule has 2 aromatic carbocycles. The standard InChI is InChI=1S/C23H26N2O4S2/c26-21(18-30-16-17-31(28,29)20-10-5-2-6-11-20)24-14-7-15-25(24)22(27)23(12-13-23)19-8-3-1-4-9-19/h1-6,8-11H,7,12-18H2. The minimum atomic E-state index is -3.35. The number of thioether (sulfide) groups is 1. The average Bonchev–Trinajstić information content (AvgIpc) is 3.46. The van der Waals surface area contributed by atoms with Crippen LogP contribution in [-0.2, 0) is 24.8 Å². The molecule has 0 radical (unpaired) electrons. The maximum atomic E-state index is 13.3. The number of hydrazine groups is 1. The first-order valence-electron chi connectivity index (χ1n) is 10.5. The van der Waals surface area contributed by atoms with Gasteiger partial charge in [-0.15, -0.1) is 0 Å². The molecular formula is C23H26N2O4S2. The summed E-state index contributed by atoms with van der Waals surface area (Å²) in [5.41, 5.74) is 0.515. The first-order valence-corrected chi connectivity index (χ1v) is 13.3. The predicted molar refractivity (Wildman–Crippen MR) is 121 cm³/mol. The molecule has 0 unspecified atom stereocenters. The van der Waals surface area contributed by atoms with Gasteiger partial charge in [0.1, 0.15) is 0 Å². The maximum absolute atomic E-state index is 13.3. The van der Waals surface area contributed by atoms with Gasteiger partial charge in [-0.25, -0.2) is 8.42 Å². The van der Waals surface area contributed by atoms with Crippen LogP contribution in [0.5, 0.6) is 0 Å². The van der Waals surface area contributed by atoms with Gasteiger partial charge in [-0.1, -0.05) is 48.5 Å². The molecule has 1 aliphatic carbocycles. The molecule has 4 rings (SSSR count). The second kappa shape index (κ2) is 9.04. The zero-order chi connectivity index (χ0) is 21.9. The second-order valence-corrected chi connectivity index (χ2v) is 11.1. The number of benzene rings is 2. The van der Waals surface area contributed by atoms with E-state index < -0.39 is 15.3 Å². The number of hydrogen-bond donors (Lipinski definition) is 0. The molecule has 2 fully saturated rings. The normalized spacial score (nSPS) is 17.5. The lowest BCUT2D eigenvalue weighted by molar-refractivity contribution is -0.158. The summed E-state index contributed by atoms with van der Waals surface area (Å²) in [6.07, 6.45) is 2.37. The summed E-state index contributed by atoms with van der Waals surface area (Å²) in [5, 5.41) is 3.17. The van der Waals surface area contributed by atoms with Gasteiger partial charge in [-0.3, -0.25) is 19.6 Å². The molecule has 1 aliphatic heterocycles. The zero-order valence-corrected chi connectivity index (χ0v) is 18.9. The molecular weight excluding hydrogens is 432 g/mol. The monoisotopic (exact) mass is 458 g/mol. The molecule has 0 bridgehead atoms. The Kier molecular flexibility index (Phi) is 6.39. The molecule has 0 aromatic heterocycles. The minimum Gasteiger partial charge on any atom is -0.272 e. The summed E-state index contributed by atoms with van der Waals surface area (Å²) in [6, 6.07) is 18.1. The van der Waals surface area contributed by atoms with Crippen LogP contribution in [0.1, 0.15) is 24.8 Å². The van der Waals surface area contributed by atoms with Gasteiger partial charge in [0.25, 0.3) is 11.8 Å². The van der Waals surface area contributed by atoms with E-state index in [0.29, 0.717) is 23.7 Å². The van der Waals surface area contributed by atoms with E-state index in [-0.39, 0.29) is 23.3 Å². The third-order valence-electron chi connectivity index (χ3n) is 5.86. The van der Waals surface area contributed by atoms with Crippen molar-refractivity contribution in [2.24, 2.45) is 0 Å². The molecule has 1 heterocycles. The fraction of sp³-hybridized carbons (Fsp3) is 0.391. The first-order chi connectivity index (χ1) is 14.9. The van der Waals surface area contributed by atoms with Gasteiger partial charge in [-0.05, 0) is 37.0 Å². The Balaban J connectivity index is 1.32. The van der Waals surface area contributed by atoms with Crippen molar-refractivity contribution in [2.75, 3.05) is 30.3 Å². The Morgan fingerprint density at radius 3 is 2.16 bits per heavy atom. The van der Waals surface area contributed by atoms with Crippen molar-refractivity contribution < 1.29 is 18.0 Å². The van der Waals surface area contributed by atoms with Crippen molar-refractivity contribution >= 4 is 33.4 Å². The Morgan fingerprint density at radius 2 is 1.52 bits per heavy atom. The highest BCUT2D eigenvalue weighted by Gasteiger charge is 2.54. The molecule has 0 spiro atoms. The van der Waals surface area contributed by atoms with Crippen LogP contribution < -0.4 is 0 Å². The number of rotatable bonds is 8. The largest absolute Gasteiger partial charge is 0.272 e. The second-order valence-electron chi connectivity index (χ2n) is 7.93. The van der Waals surface area contributed by atoms with Gasteiger partial charge < -0.3 is 0 Å². The Hall–Kier alpha value is -2.32. The summed E-state index contributed by atoms with van der Waals surface area (Å²) in [7, 11) is -3.35. The highest BCUT2D eigenvalue weighted by atomic mass is 32.2. The smallest absolute Gasteiger partial charge is 0.251 e. The number of carbonyl (C=O) groups is 2. The van der Waals surface area contributed by atoms with Gasteiger partial charge in [0.15, 0.2) is 9.84 Å². The molecule has 2 aliphatic rings. The molecule has 1 saturated heterocycles. The Morgan fingerprint density at radius 1 is 0.903 bits per heavy atom. The maximum Gasteiger partial charge on any atom is 0.251 e. The van der Waals surface area contributed by atoms with Crippen LogP contribution in [0, 0.1) is 0 Å². The van der Waals surface area contributed by atoms with Crippen molar-refractivity contribution in [1.82, 2.24) is 10.0 Å². The SMILES string of the molecule is O=C(CSCCS(=O)(=O)c1ccccc1)N1CCCN1C(=O)C1(c2ccccc2)CC1. The third kappa shape index (κ3) is 4.65. The van der Waals surface area contributed by atoms with Crippen LogP contribution in [-0.4, -0.2) is 60.6 Å². The first kappa shape index (κ1) is 21.9. The summed E-state index contributed by atoms with van der Waals surface area (Å²) < 4.78 is 24.7. The number of amides is 2. The lowest BCUT2D eigenvalue weighted by atomic mass is 9.95. The van der Waals surface area contributed by atoms with Crippen LogP contribution in [0.25, 0.3) is 0 Å². The van der Waals surface area contributed by atoms with Crippen molar-refractivity contribution in [2.45, 2.75) is 29.6 Å². The quantitative estimate of drug-likeness (QED) is 0.569. The van der Waals surface area contributed by atoms with Crippen LogP contribution in [0.15, 0.2) is 65.6 Å². The minimum absolute atomic E-state index is 0.00112. The van der Waals surface area contributed by atoms with E-state index in [4.69, 9.17) is 0 Å². The predicted octanol–water partition coefficient (Wildman–Crippen LogP) is 2.90. The molecule has 164 valence electrons. The molecule has 6 nitrogen and oxygen atoms in total. The molecule has 1 saturated carbocycles. The van der Waals surface area contributed by atoms with E-state index in [2.05, 4.69) is 0 Å². The molecule has 8 heteroatoms. The highest BCUT2D eigenvalue weighted by molar-refractivity contribution is 8.01. The number of carbonyl (C=O) groups excluding carboxylic acids is 2. The van der Waals surface area contributed by atoms with Crippen LogP contribution in [0.2, 0.25) is 0 Å². The van der Waals surface area contributed by atoms with Gasteiger partial charge in [0.05, 0.1) is 21.8 Å². The van der Waals surface area contributed by atoms with E-state index in [9.17, 15) is 18.0 Å². The molecule has 0 N–H and O–H groups in total. The molecule has 31 heavy (non-hydrogen) atoms. The van der Waals surface area contributed by atoms with Crippen molar-refractivity contribution in [3.05, 3.63) is 66.2 Å². The number of nitrogens with zero attached hydrogens (tertiary/aromatic N) is 2. The Labute approximate surface area is 187 Å². The highest BCUT2D eigenvalue weighted by Crippen LogP contribution is 2.50. The van der Waals surface area contributed by atoms with Crippen molar-refractivity contribution in [3.8, 4) is 0 Å². The number of sulfone groups is 1. The van der Waals surface area contributed by atoms with E-state index in [1.165, 1.54) is 11.8 Å². The van der Waals surface area contributed by atoms with Gasteiger partial charge in [0, 0.05) is 18.8 Å². The molecule has 2 aromatic rings. The third-order valence-corrected chi connectivity index (χ3v) is 8.80. The van der Waals surface area contributed by atoms with E-state index in [1.54, 1.807) is 40.3 Å². The summed E-state index contributed by atoms with van der Waals surface area (Å²) >= 11 is 1.29. The van der Waals surface area contributed by atoms with Gasteiger partial charge >= 0.3 is 0 Å². The Bertz CT molecular complexity index is 1040. The van der Waals surface area contributed by atoms with E-state index in [0.717, 1.165) is 24.8 Å². The topological polar surface area (TPSA) is 74.8 Å². The number of hydrogen-bond acceptors (Lipinski definition) is 5.